The molecule has 1 heterocycles. The van der Waals surface area contributed by atoms with Gasteiger partial charge in [0, 0.05) is 18.8 Å². The monoisotopic (exact) mass is 335 g/mol. The Morgan fingerprint density at radius 1 is 0.960 bits per heavy atom. The van der Waals surface area contributed by atoms with Gasteiger partial charge in [-0.05, 0) is 36.6 Å². The molecule has 3 rings (SSSR count). The molecule has 0 amide bonds. The summed E-state index contributed by atoms with van der Waals surface area (Å²) in [7, 11) is 0. The SMILES string of the molecule is Cc1c(OCc2ccccc2)c(=O)ccn1CCc1ccc(O)cc1. The third-order valence-electron chi connectivity index (χ3n) is 4.19. The number of nitrogens with zero attached hydrogens (tertiary/aromatic N) is 1. The van der Waals surface area contributed by atoms with Gasteiger partial charge in [-0.25, -0.2) is 0 Å². The van der Waals surface area contributed by atoms with Crippen LogP contribution in [0, 0.1) is 6.92 Å². The lowest BCUT2D eigenvalue weighted by Crippen LogP contribution is -2.15. The van der Waals surface area contributed by atoms with Gasteiger partial charge in [0.2, 0.25) is 5.43 Å². The van der Waals surface area contributed by atoms with Crippen molar-refractivity contribution in [1.82, 2.24) is 4.57 Å². The fourth-order valence-corrected chi connectivity index (χ4v) is 2.71. The number of aryl methyl sites for hydroxylation is 2. The Bertz CT molecular complexity index is 883. The highest BCUT2D eigenvalue weighted by molar-refractivity contribution is 5.29. The van der Waals surface area contributed by atoms with Crippen molar-refractivity contribution in [3.63, 3.8) is 0 Å². The zero-order valence-electron chi connectivity index (χ0n) is 14.2. The smallest absolute Gasteiger partial charge is 0.223 e. The zero-order chi connectivity index (χ0) is 17.6. The molecule has 0 spiro atoms. The molecule has 0 radical (unpaired) electrons. The van der Waals surface area contributed by atoms with E-state index in [0.717, 1.165) is 29.8 Å². The highest BCUT2D eigenvalue weighted by atomic mass is 16.5. The van der Waals surface area contributed by atoms with E-state index in [1.165, 1.54) is 0 Å². The summed E-state index contributed by atoms with van der Waals surface area (Å²) < 4.78 is 7.82. The first kappa shape index (κ1) is 16.8. The second-order valence-corrected chi connectivity index (χ2v) is 5.98. The summed E-state index contributed by atoms with van der Waals surface area (Å²) in [6.45, 7) is 3.01. The Morgan fingerprint density at radius 2 is 1.68 bits per heavy atom. The average molecular weight is 335 g/mol. The van der Waals surface area contributed by atoms with Gasteiger partial charge in [-0.2, -0.15) is 0 Å². The Balaban J connectivity index is 1.72. The van der Waals surface area contributed by atoms with Crippen LogP contribution in [0.3, 0.4) is 0 Å². The minimum atomic E-state index is -0.102. The maximum atomic E-state index is 12.2. The number of pyridine rings is 1. The quantitative estimate of drug-likeness (QED) is 0.747. The molecule has 25 heavy (non-hydrogen) atoms. The van der Waals surface area contributed by atoms with Crippen molar-refractivity contribution >= 4 is 0 Å². The second-order valence-electron chi connectivity index (χ2n) is 5.98. The van der Waals surface area contributed by atoms with E-state index < -0.39 is 0 Å². The Labute approximate surface area is 147 Å². The predicted molar refractivity (Wildman–Crippen MR) is 98.0 cm³/mol. The summed E-state index contributed by atoms with van der Waals surface area (Å²) >= 11 is 0. The van der Waals surface area contributed by atoms with Crippen molar-refractivity contribution in [2.24, 2.45) is 0 Å². The molecule has 0 fully saturated rings. The number of aromatic hydroxyl groups is 1. The Hall–Kier alpha value is -3.01. The van der Waals surface area contributed by atoms with Crippen LogP contribution in [0.2, 0.25) is 0 Å². The molecule has 1 N–H and O–H groups in total. The molecule has 0 aliphatic carbocycles. The van der Waals surface area contributed by atoms with Crippen molar-refractivity contribution in [2.45, 2.75) is 26.5 Å². The molecule has 1 aromatic heterocycles. The van der Waals surface area contributed by atoms with Crippen LogP contribution in [0.15, 0.2) is 71.7 Å². The minimum Gasteiger partial charge on any atom is -0.508 e. The first-order chi connectivity index (χ1) is 12.1. The lowest BCUT2D eigenvalue weighted by Gasteiger charge is -2.15. The van der Waals surface area contributed by atoms with Crippen LogP contribution in [-0.4, -0.2) is 9.67 Å². The van der Waals surface area contributed by atoms with E-state index in [-0.39, 0.29) is 11.2 Å². The van der Waals surface area contributed by atoms with Crippen LogP contribution >= 0.6 is 0 Å². The highest BCUT2D eigenvalue weighted by Crippen LogP contribution is 2.16. The van der Waals surface area contributed by atoms with E-state index in [1.54, 1.807) is 24.4 Å². The molecule has 4 nitrogen and oxygen atoms in total. The topological polar surface area (TPSA) is 51.5 Å². The number of hydrogen-bond donors (Lipinski definition) is 1. The maximum Gasteiger partial charge on any atom is 0.223 e. The number of phenolic OH excluding ortho intramolecular Hbond substituents is 1. The van der Waals surface area contributed by atoms with Gasteiger partial charge < -0.3 is 14.4 Å². The molecule has 0 aliphatic rings. The number of phenols is 1. The van der Waals surface area contributed by atoms with Gasteiger partial charge in [0.1, 0.15) is 12.4 Å². The fraction of sp³-hybridized carbons (Fsp3) is 0.190. The third-order valence-corrected chi connectivity index (χ3v) is 4.19. The van der Waals surface area contributed by atoms with Gasteiger partial charge in [-0.3, -0.25) is 4.79 Å². The zero-order valence-corrected chi connectivity index (χ0v) is 14.2. The van der Waals surface area contributed by atoms with E-state index >= 15 is 0 Å². The van der Waals surface area contributed by atoms with Gasteiger partial charge in [-0.15, -0.1) is 0 Å². The molecular weight excluding hydrogens is 314 g/mol. The van der Waals surface area contributed by atoms with Gasteiger partial charge >= 0.3 is 0 Å². The summed E-state index contributed by atoms with van der Waals surface area (Å²) in [6.07, 6.45) is 2.61. The summed E-state index contributed by atoms with van der Waals surface area (Å²) in [5.41, 5.74) is 2.87. The number of ether oxygens (including phenoxy) is 1. The van der Waals surface area contributed by atoms with Crippen molar-refractivity contribution in [3.8, 4) is 11.5 Å². The number of benzene rings is 2. The van der Waals surface area contributed by atoms with Crippen molar-refractivity contribution in [2.75, 3.05) is 0 Å². The molecule has 3 aromatic rings. The summed E-state index contributed by atoms with van der Waals surface area (Å²) in [4.78, 5) is 12.2. The van der Waals surface area contributed by atoms with E-state index in [4.69, 9.17) is 4.74 Å². The van der Waals surface area contributed by atoms with Crippen LogP contribution < -0.4 is 10.2 Å². The minimum absolute atomic E-state index is 0.102. The molecule has 0 atom stereocenters. The number of aromatic nitrogens is 1. The van der Waals surface area contributed by atoms with Gasteiger partial charge in [-0.1, -0.05) is 42.5 Å². The largest absolute Gasteiger partial charge is 0.508 e. The standard InChI is InChI=1S/C21H21NO3/c1-16-21(25-15-18-5-3-2-4-6-18)20(24)12-14-22(16)13-11-17-7-9-19(23)10-8-17/h2-10,12,14,23H,11,13,15H2,1H3. The first-order valence-corrected chi connectivity index (χ1v) is 8.28. The molecule has 0 unspecified atom stereocenters. The van der Waals surface area contributed by atoms with Crippen LogP contribution in [0.5, 0.6) is 11.5 Å². The molecular formula is C21H21NO3. The van der Waals surface area contributed by atoms with Crippen LogP contribution in [0.25, 0.3) is 0 Å². The van der Waals surface area contributed by atoms with Gasteiger partial charge in [0.25, 0.3) is 0 Å². The maximum absolute atomic E-state index is 12.2. The molecule has 4 heteroatoms. The van der Waals surface area contributed by atoms with E-state index in [9.17, 15) is 9.90 Å². The van der Waals surface area contributed by atoms with Crippen molar-refractivity contribution in [1.29, 1.82) is 0 Å². The molecule has 128 valence electrons. The summed E-state index contributed by atoms with van der Waals surface area (Å²) in [6, 6.07) is 18.5. The van der Waals surface area contributed by atoms with E-state index in [0.29, 0.717) is 12.4 Å². The average Bonchev–Trinajstić information content (AvgIpc) is 2.63. The van der Waals surface area contributed by atoms with Crippen molar-refractivity contribution < 1.29 is 9.84 Å². The lowest BCUT2D eigenvalue weighted by atomic mass is 10.1. The van der Waals surface area contributed by atoms with Crippen LogP contribution in [0.4, 0.5) is 0 Å². The normalized spacial score (nSPS) is 10.6. The summed E-state index contributed by atoms with van der Waals surface area (Å²) in [5, 5.41) is 9.35. The first-order valence-electron chi connectivity index (χ1n) is 8.28. The predicted octanol–water partition coefficient (Wildman–Crippen LogP) is 3.68. The number of rotatable bonds is 6. The van der Waals surface area contributed by atoms with Gasteiger partial charge in [0.15, 0.2) is 5.75 Å². The molecule has 0 bridgehead atoms. The Kier molecular flexibility index (Phi) is 5.19. The fourth-order valence-electron chi connectivity index (χ4n) is 2.71. The van der Waals surface area contributed by atoms with E-state index in [2.05, 4.69) is 0 Å². The van der Waals surface area contributed by atoms with Crippen LogP contribution in [-0.2, 0) is 19.6 Å². The summed E-state index contributed by atoms with van der Waals surface area (Å²) in [5.74, 6) is 0.664. The molecule has 2 aromatic carbocycles. The van der Waals surface area contributed by atoms with Gasteiger partial charge in [0.05, 0.1) is 5.69 Å². The highest BCUT2D eigenvalue weighted by Gasteiger charge is 2.09. The van der Waals surface area contributed by atoms with Crippen molar-refractivity contribution in [3.05, 3.63) is 93.9 Å². The van der Waals surface area contributed by atoms with Crippen LogP contribution in [0.1, 0.15) is 16.8 Å². The number of hydrogen-bond acceptors (Lipinski definition) is 3. The molecule has 0 saturated carbocycles. The molecule has 0 saturated heterocycles. The lowest BCUT2D eigenvalue weighted by molar-refractivity contribution is 0.297. The Morgan fingerprint density at radius 3 is 2.40 bits per heavy atom. The third kappa shape index (κ3) is 4.29. The van der Waals surface area contributed by atoms with E-state index in [1.807, 2.05) is 54.0 Å². The molecule has 0 aliphatic heterocycles. The second kappa shape index (κ2) is 7.71.